The molecule has 3 unspecified atom stereocenters. The monoisotopic (exact) mass is 374 g/mol. The first-order chi connectivity index (χ1) is 12.4. The van der Waals surface area contributed by atoms with Crippen LogP contribution in [0.15, 0.2) is 30.3 Å². The van der Waals surface area contributed by atoms with Gasteiger partial charge in [-0.15, -0.1) is 22.0 Å². The van der Waals surface area contributed by atoms with Gasteiger partial charge >= 0.3 is 0 Å². The van der Waals surface area contributed by atoms with Crippen molar-refractivity contribution >= 4 is 23.6 Å². The zero-order chi connectivity index (χ0) is 18.5. The number of H-pyrrole nitrogens is 1. The predicted octanol–water partition coefficient (Wildman–Crippen LogP) is 0.153. The molecule has 26 heavy (non-hydrogen) atoms. The molecule has 2 fully saturated rings. The quantitative estimate of drug-likeness (QED) is 0.651. The van der Waals surface area contributed by atoms with Crippen LogP contribution in [0.2, 0.25) is 0 Å². The van der Waals surface area contributed by atoms with Crippen molar-refractivity contribution in [3.8, 4) is 0 Å². The molecule has 2 saturated heterocycles. The van der Waals surface area contributed by atoms with E-state index in [0.29, 0.717) is 11.4 Å². The number of aliphatic hydroxyl groups is 1. The van der Waals surface area contributed by atoms with Gasteiger partial charge < -0.3 is 15.3 Å². The zero-order valence-electron chi connectivity index (χ0n) is 14.2. The number of aliphatic hydroxyl groups excluding tert-OH is 1. The minimum absolute atomic E-state index is 0.212. The molecule has 2 aliphatic heterocycles. The summed E-state index contributed by atoms with van der Waals surface area (Å²) in [6, 6.07) is 7.62. The van der Waals surface area contributed by atoms with Crippen molar-refractivity contribution in [1.29, 1.82) is 0 Å². The number of β-lactam (4-membered cyclic amide) rings is 1. The van der Waals surface area contributed by atoms with Gasteiger partial charge in [-0.3, -0.25) is 9.59 Å². The highest BCUT2D eigenvalue weighted by molar-refractivity contribution is 8.01. The molecule has 0 radical (unpaired) electrons. The van der Waals surface area contributed by atoms with Crippen LogP contribution in [-0.4, -0.2) is 58.6 Å². The Hall–Kier alpha value is -2.46. The van der Waals surface area contributed by atoms with Gasteiger partial charge in [0.2, 0.25) is 5.91 Å². The van der Waals surface area contributed by atoms with Gasteiger partial charge in [-0.25, -0.2) is 0 Å². The maximum absolute atomic E-state index is 12.7. The third-order valence-electron chi connectivity index (χ3n) is 4.71. The molecular weight excluding hydrogens is 356 g/mol. The first-order valence-corrected chi connectivity index (χ1v) is 9.05. The molecule has 4 atom stereocenters. The van der Waals surface area contributed by atoms with Crippen molar-refractivity contribution in [2.24, 2.45) is 0 Å². The Morgan fingerprint density at radius 3 is 2.77 bits per heavy atom. The highest BCUT2D eigenvalue weighted by Gasteiger charge is 2.63. The number of benzene rings is 1. The van der Waals surface area contributed by atoms with E-state index in [4.69, 9.17) is 0 Å². The molecular formula is C16H18N6O3S. The number of carbonyl (C=O) groups excluding carboxylic acids is 2. The van der Waals surface area contributed by atoms with Crippen molar-refractivity contribution in [3.05, 3.63) is 41.7 Å². The lowest BCUT2D eigenvalue weighted by atomic mass is 9.95. The molecule has 2 aliphatic rings. The van der Waals surface area contributed by atoms with E-state index in [2.05, 4.69) is 25.9 Å². The number of thioether (sulfide) groups is 1. The summed E-state index contributed by atoms with van der Waals surface area (Å²) < 4.78 is -0.332. The number of hydrogen-bond donors (Lipinski definition) is 3. The van der Waals surface area contributed by atoms with Gasteiger partial charge in [0.25, 0.3) is 5.91 Å². The Morgan fingerprint density at radius 2 is 2.12 bits per heavy atom. The second-order valence-electron chi connectivity index (χ2n) is 6.83. The molecule has 9 nitrogen and oxygen atoms in total. The highest BCUT2D eigenvalue weighted by atomic mass is 32.2. The fourth-order valence-corrected chi connectivity index (χ4v) is 5.10. The van der Waals surface area contributed by atoms with Gasteiger partial charge in [-0.1, -0.05) is 35.5 Å². The smallest absolute Gasteiger partial charge is 0.254 e. The normalized spacial score (nSPS) is 27.6. The molecule has 0 spiro atoms. The van der Waals surface area contributed by atoms with Gasteiger partial charge in [0, 0.05) is 4.75 Å². The molecule has 3 N–H and O–H groups in total. The Bertz CT molecular complexity index is 828. The van der Waals surface area contributed by atoms with Crippen molar-refractivity contribution in [2.75, 3.05) is 0 Å². The van der Waals surface area contributed by atoms with Gasteiger partial charge in [0.15, 0.2) is 11.9 Å². The fourth-order valence-electron chi connectivity index (χ4n) is 3.47. The number of aromatic nitrogens is 4. The summed E-state index contributed by atoms with van der Waals surface area (Å²) >= 11 is 1.57. The molecule has 1 aromatic heterocycles. The van der Waals surface area contributed by atoms with E-state index in [-0.39, 0.29) is 22.1 Å². The standard InChI is InChI=1S/C16H18N6O3S/c1-16(2)11(12-18-20-21-19-12)22-14(25)9(15(22)26-16)17-13(24)10(23)8-6-4-3-5-7-8/h3-7,9-11,15,23H,1-2H3,(H,17,24)(H,18,19,20,21)/t9?,10?,11?,15-/m1/s1. The molecule has 4 rings (SSSR count). The summed E-state index contributed by atoms with van der Waals surface area (Å²) in [6.07, 6.45) is -1.31. The SMILES string of the molecule is CC1(C)S[C@@H]2C(NC(=O)C(O)c3ccccc3)C(=O)N2C1c1nn[nH]n1. The topological polar surface area (TPSA) is 124 Å². The van der Waals surface area contributed by atoms with Crippen LogP contribution >= 0.6 is 11.8 Å². The molecule has 0 saturated carbocycles. The number of hydrogen-bond acceptors (Lipinski definition) is 7. The largest absolute Gasteiger partial charge is 0.378 e. The van der Waals surface area contributed by atoms with Gasteiger partial charge in [0.05, 0.1) is 0 Å². The van der Waals surface area contributed by atoms with Crippen LogP contribution in [0, 0.1) is 0 Å². The fraction of sp³-hybridized carbons (Fsp3) is 0.438. The average molecular weight is 374 g/mol. The van der Waals surface area contributed by atoms with Crippen molar-refractivity contribution in [1.82, 2.24) is 30.8 Å². The van der Waals surface area contributed by atoms with E-state index in [1.54, 1.807) is 47.0 Å². The first-order valence-electron chi connectivity index (χ1n) is 8.17. The Labute approximate surface area is 153 Å². The minimum Gasteiger partial charge on any atom is -0.378 e. The number of aromatic amines is 1. The number of tetrazole rings is 1. The Morgan fingerprint density at radius 1 is 1.38 bits per heavy atom. The first kappa shape index (κ1) is 17.0. The van der Waals surface area contributed by atoms with Crippen LogP contribution in [0.1, 0.15) is 37.4 Å². The molecule has 0 aliphatic carbocycles. The summed E-state index contributed by atoms with van der Waals surface area (Å²) in [5, 5.41) is 26.7. The van der Waals surface area contributed by atoms with Crippen molar-refractivity contribution in [2.45, 2.75) is 42.2 Å². The van der Waals surface area contributed by atoms with Gasteiger partial charge in [-0.05, 0) is 19.4 Å². The molecule has 10 heteroatoms. The predicted molar refractivity (Wildman–Crippen MR) is 92.6 cm³/mol. The molecule has 2 amide bonds. The summed E-state index contributed by atoms with van der Waals surface area (Å²) in [7, 11) is 0. The van der Waals surface area contributed by atoms with Gasteiger partial charge in [-0.2, -0.15) is 5.21 Å². The maximum Gasteiger partial charge on any atom is 0.254 e. The summed E-state index contributed by atoms with van der Waals surface area (Å²) in [6.45, 7) is 4.00. The lowest BCUT2D eigenvalue weighted by molar-refractivity contribution is -0.153. The molecule has 0 bridgehead atoms. The van der Waals surface area contributed by atoms with Crippen LogP contribution in [-0.2, 0) is 9.59 Å². The van der Waals surface area contributed by atoms with E-state index in [1.165, 1.54) is 0 Å². The summed E-state index contributed by atoms with van der Waals surface area (Å²) in [4.78, 5) is 26.7. The zero-order valence-corrected chi connectivity index (χ0v) is 15.0. The van der Waals surface area contributed by atoms with E-state index in [9.17, 15) is 14.7 Å². The number of carbonyl (C=O) groups is 2. The number of rotatable bonds is 4. The Kier molecular flexibility index (Phi) is 3.96. The summed E-state index contributed by atoms with van der Waals surface area (Å²) in [5.74, 6) is -0.348. The molecule has 1 aromatic carbocycles. The lowest BCUT2D eigenvalue weighted by Crippen LogP contribution is -2.68. The number of nitrogens with zero attached hydrogens (tertiary/aromatic N) is 4. The van der Waals surface area contributed by atoms with Crippen LogP contribution in [0.3, 0.4) is 0 Å². The van der Waals surface area contributed by atoms with Crippen LogP contribution in [0.25, 0.3) is 0 Å². The van der Waals surface area contributed by atoms with Crippen LogP contribution < -0.4 is 5.32 Å². The summed E-state index contributed by atoms with van der Waals surface area (Å²) in [5.41, 5.74) is 0.484. The Balaban J connectivity index is 1.49. The lowest BCUT2D eigenvalue weighted by Gasteiger charge is -2.44. The minimum atomic E-state index is -1.31. The van der Waals surface area contributed by atoms with Crippen LogP contribution in [0.4, 0.5) is 0 Å². The maximum atomic E-state index is 12.7. The average Bonchev–Trinajstić information content (AvgIpc) is 3.23. The van der Waals surface area contributed by atoms with Gasteiger partial charge in [0.1, 0.15) is 17.5 Å². The number of fused-ring (bicyclic) bond motifs is 1. The number of amides is 2. The molecule has 136 valence electrons. The second-order valence-corrected chi connectivity index (χ2v) is 8.60. The molecule has 2 aromatic rings. The third-order valence-corrected chi connectivity index (χ3v) is 6.28. The highest BCUT2D eigenvalue weighted by Crippen LogP contribution is 2.56. The van der Waals surface area contributed by atoms with Crippen molar-refractivity contribution < 1.29 is 14.7 Å². The van der Waals surface area contributed by atoms with E-state index in [1.807, 2.05) is 13.8 Å². The van der Waals surface area contributed by atoms with E-state index >= 15 is 0 Å². The van der Waals surface area contributed by atoms with Crippen LogP contribution in [0.5, 0.6) is 0 Å². The number of nitrogens with one attached hydrogen (secondary N) is 2. The second kappa shape index (κ2) is 6.06. The molecule has 3 heterocycles. The van der Waals surface area contributed by atoms with E-state index in [0.717, 1.165) is 0 Å². The van der Waals surface area contributed by atoms with Crippen molar-refractivity contribution in [3.63, 3.8) is 0 Å². The van der Waals surface area contributed by atoms with E-state index < -0.39 is 18.1 Å². The third kappa shape index (κ3) is 2.56.